The lowest BCUT2D eigenvalue weighted by Gasteiger charge is -2.14. The predicted molar refractivity (Wildman–Crippen MR) is 122 cm³/mol. The Balaban J connectivity index is 1.83. The molecule has 0 N–H and O–H groups in total. The van der Waals surface area contributed by atoms with Crippen molar-refractivity contribution in [2.24, 2.45) is 0 Å². The van der Waals surface area contributed by atoms with Crippen LogP contribution in [-0.4, -0.2) is 26.3 Å². The summed E-state index contributed by atoms with van der Waals surface area (Å²) in [6.07, 6.45) is 0. The van der Waals surface area contributed by atoms with Gasteiger partial charge in [-0.25, -0.2) is 9.59 Å². The second-order valence-electron chi connectivity index (χ2n) is 6.99. The Hall–Kier alpha value is -4.06. The molecule has 32 heavy (non-hydrogen) atoms. The average Bonchev–Trinajstić information content (AvgIpc) is 2.82. The first-order valence-electron chi connectivity index (χ1n) is 10.2. The third-order valence-corrected chi connectivity index (χ3v) is 4.98. The maximum Gasteiger partial charge on any atom is 0.344 e. The minimum atomic E-state index is -0.436. The molecule has 0 fully saturated rings. The highest BCUT2D eigenvalue weighted by Gasteiger charge is 2.18. The van der Waals surface area contributed by atoms with Crippen LogP contribution < -0.4 is 15.1 Å². The molecule has 0 aliphatic rings. The van der Waals surface area contributed by atoms with Gasteiger partial charge < -0.3 is 18.6 Å². The van der Waals surface area contributed by atoms with Crippen molar-refractivity contribution in [2.75, 3.05) is 20.3 Å². The summed E-state index contributed by atoms with van der Waals surface area (Å²) >= 11 is 0. The number of fused-ring (bicyclic) bond motifs is 1. The molecule has 0 unspecified atom stereocenters. The van der Waals surface area contributed by atoms with E-state index in [-0.39, 0.29) is 6.61 Å². The number of carbonyl (C=O) groups excluding carboxylic acids is 1. The number of ether oxygens (including phenoxy) is 3. The molecule has 0 atom stereocenters. The van der Waals surface area contributed by atoms with Crippen LogP contribution in [0.3, 0.4) is 0 Å². The highest BCUT2D eigenvalue weighted by Crippen LogP contribution is 2.37. The molecule has 0 amide bonds. The number of hydrogen-bond donors (Lipinski definition) is 0. The zero-order chi connectivity index (χ0) is 22.5. The van der Waals surface area contributed by atoms with Crippen LogP contribution in [0.2, 0.25) is 0 Å². The third-order valence-electron chi connectivity index (χ3n) is 4.98. The number of methoxy groups -OCH3 is 1. The first-order valence-corrected chi connectivity index (χ1v) is 10.2. The van der Waals surface area contributed by atoms with Crippen LogP contribution in [0.5, 0.6) is 11.5 Å². The Kier molecular flexibility index (Phi) is 6.22. The van der Waals surface area contributed by atoms with E-state index < -0.39 is 11.6 Å². The van der Waals surface area contributed by atoms with Gasteiger partial charge in [0.15, 0.2) is 6.61 Å². The molecule has 0 radical (unpaired) electrons. The van der Waals surface area contributed by atoms with Crippen LogP contribution in [0.15, 0.2) is 82.0 Å². The van der Waals surface area contributed by atoms with Gasteiger partial charge in [-0.05, 0) is 42.3 Å². The van der Waals surface area contributed by atoms with E-state index in [4.69, 9.17) is 18.6 Å². The summed E-state index contributed by atoms with van der Waals surface area (Å²) in [6, 6.07) is 22.0. The quantitative estimate of drug-likeness (QED) is 0.301. The van der Waals surface area contributed by atoms with Gasteiger partial charge in [0.25, 0.3) is 0 Å². The lowest BCUT2D eigenvalue weighted by molar-refractivity contribution is -0.145. The molecule has 4 rings (SSSR count). The molecule has 4 aromatic rings. The number of carbonyl (C=O) groups is 1. The van der Waals surface area contributed by atoms with E-state index in [1.807, 2.05) is 54.6 Å². The van der Waals surface area contributed by atoms with Crippen molar-refractivity contribution in [2.45, 2.75) is 6.92 Å². The Bertz CT molecular complexity index is 1290. The van der Waals surface area contributed by atoms with E-state index in [1.165, 1.54) is 0 Å². The van der Waals surface area contributed by atoms with Gasteiger partial charge in [-0.1, -0.05) is 42.5 Å². The number of hydrogen-bond acceptors (Lipinski definition) is 6. The average molecular weight is 430 g/mol. The van der Waals surface area contributed by atoms with E-state index in [2.05, 4.69) is 0 Å². The van der Waals surface area contributed by atoms with Crippen LogP contribution in [0, 0.1) is 0 Å². The van der Waals surface area contributed by atoms with Crippen molar-refractivity contribution >= 4 is 16.9 Å². The Morgan fingerprint density at radius 2 is 1.56 bits per heavy atom. The van der Waals surface area contributed by atoms with Gasteiger partial charge in [-0.2, -0.15) is 0 Å². The number of benzene rings is 3. The standard InChI is InChI=1S/C26H22O6/c1-3-30-23(27)16-31-19-11-9-18(10-12-19)24-21-14-13-20(29-2)15-22(21)32-26(28)25(24)17-7-5-4-6-8-17/h4-15H,3,16H2,1-2H3. The molecule has 0 aliphatic heterocycles. The van der Waals surface area contributed by atoms with Gasteiger partial charge >= 0.3 is 11.6 Å². The van der Waals surface area contributed by atoms with Crippen LogP contribution in [0.1, 0.15) is 6.92 Å². The molecular weight excluding hydrogens is 408 g/mol. The monoisotopic (exact) mass is 430 g/mol. The number of rotatable bonds is 7. The van der Waals surface area contributed by atoms with Gasteiger partial charge in [0.05, 0.1) is 19.3 Å². The molecule has 1 heterocycles. The zero-order valence-corrected chi connectivity index (χ0v) is 17.8. The Morgan fingerprint density at radius 1 is 0.875 bits per heavy atom. The van der Waals surface area contributed by atoms with Crippen molar-refractivity contribution in [1.29, 1.82) is 0 Å². The third kappa shape index (κ3) is 4.34. The molecule has 0 spiro atoms. The Labute approximate surface area is 185 Å². The fourth-order valence-electron chi connectivity index (χ4n) is 3.54. The highest BCUT2D eigenvalue weighted by atomic mass is 16.6. The van der Waals surface area contributed by atoms with Crippen molar-refractivity contribution in [3.8, 4) is 33.8 Å². The topological polar surface area (TPSA) is 75.0 Å². The summed E-state index contributed by atoms with van der Waals surface area (Å²) in [7, 11) is 1.56. The fourth-order valence-corrected chi connectivity index (χ4v) is 3.54. The molecule has 0 saturated heterocycles. The van der Waals surface area contributed by atoms with Gasteiger partial charge in [-0.3, -0.25) is 0 Å². The van der Waals surface area contributed by atoms with Crippen LogP contribution >= 0.6 is 0 Å². The first-order chi connectivity index (χ1) is 15.6. The molecule has 0 saturated carbocycles. The molecule has 162 valence electrons. The summed E-state index contributed by atoms with van der Waals surface area (Å²) < 4.78 is 21.3. The van der Waals surface area contributed by atoms with Crippen LogP contribution in [0.4, 0.5) is 0 Å². The van der Waals surface area contributed by atoms with Crippen molar-refractivity contribution < 1.29 is 23.4 Å². The minimum Gasteiger partial charge on any atom is -0.497 e. The molecule has 3 aromatic carbocycles. The van der Waals surface area contributed by atoms with Gasteiger partial charge in [-0.15, -0.1) is 0 Å². The second kappa shape index (κ2) is 9.39. The largest absolute Gasteiger partial charge is 0.497 e. The van der Waals surface area contributed by atoms with E-state index >= 15 is 0 Å². The van der Waals surface area contributed by atoms with Gasteiger partial charge in [0, 0.05) is 17.0 Å². The van der Waals surface area contributed by atoms with Crippen molar-refractivity contribution in [3.05, 3.63) is 83.2 Å². The molecule has 6 heteroatoms. The van der Waals surface area contributed by atoms with E-state index in [1.54, 1.807) is 32.2 Å². The molecule has 6 nitrogen and oxygen atoms in total. The maximum absolute atomic E-state index is 13.0. The smallest absolute Gasteiger partial charge is 0.344 e. The minimum absolute atomic E-state index is 0.167. The highest BCUT2D eigenvalue weighted by molar-refractivity contribution is 6.01. The lowest BCUT2D eigenvalue weighted by atomic mass is 9.93. The molecular formula is C26H22O6. The van der Waals surface area contributed by atoms with Crippen LogP contribution in [0.25, 0.3) is 33.2 Å². The fraction of sp³-hybridized carbons (Fsp3) is 0.154. The maximum atomic E-state index is 13.0. The second-order valence-corrected chi connectivity index (χ2v) is 6.99. The molecule has 0 aliphatic carbocycles. The zero-order valence-electron chi connectivity index (χ0n) is 17.8. The summed E-state index contributed by atoms with van der Waals surface area (Å²) in [4.78, 5) is 24.6. The summed E-state index contributed by atoms with van der Waals surface area (Å²) in [6.45, 7) is 1.88. The Morgan fingerprint density at radius 3 is 2.25 bits per heavy atom. The van der Waals surface area contributed by atoms with Gasteiger partial charge in [0.2, 0.25) is 0 Å². The van der Waals surface area contributed by atoms with Crippen molar-refractivity contribution in [1.82, 2.24) is 0 Å². The number of esters is 1. The summed E-state index contributed by atoms with van der Waals surface area (Å²) in [5.74, 6) is 0.697. The van der Waals surface area contributed by atoms with Crippen LogP contribution in [-0.2, 0) is 9.53 Å². The van der Waals surface area contributed by atoms with E-state index in [0.29, 0.717) is 29.3 Å². The normalized spacial score (nSPS) is 10.7. The molecule has 0 bridgehead atoms. The first kappa shape index (κ1) is 21.2. The van der Waals surface area contributed by atoms with E-state index in [9.17, 15) is 9.59 Å². The SMILES string of the molecule is CCOC(=O)COc1ccc(-c2c(-c3ccccc3)c(=O)oc3cc(OC)ccc23)cc1. The van der Waals surface area contributed by atoms with Gasteiger partial charge in [0.1, 0.15) is 17.1 Å². The predicted octanol–water partition coefficient (Wildman–Crippen LogP) is 5.08. The lowest BCUT2D eigenvalue weighted by Crippen LogP contribution is -2.14. The van der Waals surface area contributed by atoms with E-state index in [0.717, 1.165) is 22.1 Å². The summed E-state index contributed by atoms with van der Waals surface area (Å²) in [5.41, 5.74) is 2.80. The summed E-state index contributed by atoms with van der Waals surface area (Å²) in [5, 5.41) is 0.782. The van der Waals surface area contributed by atoms with Crippen molar-refractivity contribution in [3.63, 3.8) is 0 Å². The molecule has 1 aromatic heterocycles.